The van der Waals surface area contributed by atoms with Crippen LogP contribution in [0.2, 0.25) is 0 Å². The van der Waals surface area contributed by atoms with Crippen molar-refractivity contribution >= 4 is 17.4 Å². The van der Waals surface area contributed by atoms with Crippen molar-refractivity contribution in [3.05, 3.63) is 53.6 Å². The molecule has 0 aliphatic heterocycles. The summed E-state index contributed by atoms with van der Waals surface area (Å²) in [5.74, 6) is -2.65. The first-order valence-corrected chi connectivity index (χ1v) is 6.82. The fraction of sp³-hybridized carbons (Fsp3) is 0.0625. The Morgan fingerprint density at radius 3 is 2.68 bits per heavy atom. The molecule has 1 aromatic heterocycles. The molecule has 3 rings (SSSR count). The number of hydrogen-bond acceptors (Lipinski definition) is 5. The summed E-state index contributed by atoms with van der Waals surface area (Å²) in [5.41, 5.74) is 0.641. The molecule has 0 atom stereocenters. The molecule has 9 heteroatoms. The highest BCUT2D eigenvalue weighted by atomic mass is 19.4. The lowest BCUT2D eigenvalue weighted by atomic mass is 10.1. The molecule has 0 unspecified atom stereocenters. The van der Waals surface area contributed by atoms with Crippen LogP contribution in [0.25, 0.3) is 11.1 Å². The monoisotopic (exact) mass is 344 g/mol. The van der Waals surface area contributed by atoms with Crippen LogP contribution < -0.4 is 5.32 Å². The van der Waals surface area contributed by atoms with E-state index in [1.54, 1.807) is 6.07 Å². The number of anilines is 1. The van der Waals surface area contributed by atoms with Crippen molar-refractivity contribution < 1.29 is 22.8 Å². The largest absolute Gasteiger partial charge is 0.451 e. The van der Waals surface area contributed by atoms with Gasteiger partial charge in [-0.05, 0) is 17.7 Å². The lowest BCUT2D eigenvalue weighted by molar-refractivity contribution is -0.145. The fourth-order valence-corrected chi connectivity index (χ4v) is 2.36. The van der Waals surface area contributed by atoms with Crippen LogP contribution >= 0.6 is 0 Å². The minimum absolute atomic E-state index is 0.116. The van der Waals surface area contributed by atoms with Crippen molar-refractivity contribution in [3.63, 3.8) is 0 Å². The molecule has 0 saturated heterocycles. The zero-order chi connectivity index (χ0) is 18.2. The first-order valence-electron chi connectivity index (χ1n) is 6.82. The summed E-state index contributed by atoms with van der Waals surface area (Å²) < 4.78 is 38.1. The Labute approximate surface area is 138 Å². The average Bonchev–Trinajstić information content (AvgIpc) is 2.84. The summed E-state index contributed by atoms with van der Waals surface area (Å²) in [6.07, 6.45) is -1.80. The molecule has 0 saturated carbocycles. The number of benzene rings is 1. The van der Waals surface area contributed by atoms with E-state index < -0.39 is 23.7 Å². The number of fused-ring (bicyclic) bond motifs is 3. The van der Waals surface area contributed by atoms with Crippen LogP contribution in [-0.4, -0.2) is 21.7 Å². The number of nitriles is 1. The van der Waals surface area contributed by atoms with E-state index in [1.807, 2.05) is 0 Å². The van der Waals surface area contributed by atoms with Gasteiger partial charge in [0.2, 0.25) is 17.5 Å². The van der Waals surface area contributed by atoms with Gasteiger partial charge in [-0.2, -0.15) is 18.4 Å². The smallest absolute Gasteiger partial charge is 0.322 e. The Balaban J connectivity index is 1.96. The molecule has 1 amide bonds. The Morgan fingerprint density at radius 2 is 2.00 bits per heavy atom. The SMILES string of the molecule is N#C/C=C\C(=O)Nc1ccc2c(c1)C(=O)c1nc(C(F)(F)F)ncc1-2. The van der Waals surface area contributed by atoms with Crippen LogP contribution in [-0.2, 0) is 11.0 Å². The summed E-state index contributed by atoms with van der Waals surface area (Å²) in [5, 5.41) is 10.8. The zero-order valence-corrected chi connectivity index (χ0v) is 12.3. The van der Waals surface area contributed by atoms with E-state index in [2.05, 4.69) is 15.3 Å². The van der Waals surface area contributed by atoms with Crippen molar-refractivity contribution in [2.75, 3.05) is 5.32 Å². The second-order valence-electron chi connectivity index (χ2n) is 4.99. The zero-order valence-electron chi connectivity index (χ0n) is 12.3. The van der Waals surface area contributed by atoms with Crippen LogP contribution in [0.3, 0.4) is 0 Å². The van der Waals surface area contributed by atoms with Gasteiger partial charge in [-0.15, -0.1) is 0 Å². The third-order valence-corrected chi connectivity index (χ3v) is 3.39. The molecule has 124 valence electrons. The van der Waals surface area contributed by atoms with Crippen LogP contribution in [0.5, 0.6) is 0 Å². The lowest BCUT2D eigenvalue weighted by Gasteiger charge is -2.06. The van der Waals surface area contributed by atoms with Gasteiger partial charge in [0.15, 0.2) is 0 Å². The van der Waals surface area contributed by atoms with Crippen molar-refractivity contribution in [2.45, 2.75) is 6.18 Å². The van der Waals surface area contributed by atoms with E-state index >= 15 is 0 Å². The topological polar surface area (TPSA) is 95.7 Å². The number of alkyl halides is 3. The second kappa shape index (κ2) is 5.83. The number of halogens is 3. The van der Waals surface area contributed by atoms with E-state index in [0.29, 0.717) is 5.56 Å². The van der Waals surface area contributed by atoms with Crippen LogP contribution in [0.15, 0.2) is 36.5 Å². The number of amides is 1. The molecule has 0 spiro atoms. The van der Waals surface area contributed by atoms with E-state index in [0.717, 1.165) is 18.3 Å². The number of nitrogens with zero attached hydrogens (tertiary/aromatic N) is 3. The molecule has 1 N–H and O–H groups in total. The number of rotatable bonds is 2. The molecule has 0 bridgehead atoms. The predicted octanol–water partition coefficient (Wildman–Crippen LogP) is 2.73. The van der Waals surface area contributed by atoms with E-state index in [1.165, 1.54) is 18.2 Å². The highest BCUT2D eigenvalue weighted by Gasteiger charge is 2.38. The van der Waals surface area contributed by atoms with Gasteiger partial charge in [-0.25, -0.2) is 9.97 Å². The maximum absolute atomic E-state index is 12.7. The second-order valence-corrected chi connectivity index (χ2v) is 4.99. The molecule has 1 aliphatic rings. The van der Waals surface area contributed by atoms with Gasteiger partial charge in [0.1, 0.15) is 5.69 Å². The van der Waals surface area contributed by atoms with Gasteiger partial charge in [0, 0.05) is 35.2 Å². The van der Waals surface area contributed by atoms with Crippen molar-refractivity contribution in [3.8, 4) is 17.2 Å². The molecule has 1 aromatic carbocycles. The molecule has 6 nitrogen and oxygen atoms in total. The molecule has 2 aromatic rings. The maximum Gasteiger partial charge on any atom is 0.451 e. The number of carbonyl (C=O) groups is 2. The number of ketones is 1. The van der Waals surface area contributed by atoms with Crippen LogP contribution in [0.4, 0.5) is 18.9 Å². The van der Waals surface area contributed by atoms with Gasteiger partial charge in [-0.1, -0.05) is 6.07 Å². The lowest BCUT2D eigenvalue weighted by Crippen LogP contribution is -2.13. The quantitative estimate of drug-likeness (QED) is 0.570. The number of allylic oxidation sites excluding steroid dienone is 1. The maximum atomic E-state index is 12.7. The summed E-state index contributed by atoms with van der Waals surface area (Å²) >= 11 is 0. The Bertz CT molecular complexity index is 974. The Kier molecular flexibility index (Phi) is 3.81. The van der Waals surface area contributed by atoms with E-state index in [9.17, 15) is 22.8 Å². The summed E-state index contributed by atoms with van der Waals surface area (Å²) in [7, 11) is 0. The number of nitrogens with one attached hydrogen (secondary N) is 1. The third-order valence-electron chi connectivity index (χ3n) is 3.39. The van der Waals surface area contributed by atoms with Crippen LogP contribution in [0.1, 0.15) is 21.9 Å². The van der Waals surface area contributed by atoms with E-state index in [4.69, 9.17) is 5.26 Å². The first kappa shape index (κ1) is 16.3. The summed E-state index contributed by atoms with van der Waals surface area (Å²) in [6, 6.07) is 5.97. The fourth-order valence-electron chi connectivity index (χ4n) is 2.36. The molecule has 1 aliphatic carbocycles. The minimum Gasteiger partial charge on any atom is -0.322 e. The molecule has 25 heavy (non-hydrogen) atoms. The molecule has 0 radical (unpaired) electrons. The van der Waals surface area contributed by atoms with Crippen molar-refractivity contribution in [1.82, 2.24) is 9.97 Å². The van der Waals surface area contributed by atoms with Crippen molar-refractivity contribution in [1.29, 1.82) is 5.26 Å². The Morgan fingerprint density at radius 1 is 1.24 bits per heavy atom. The van der Waals surface area contributed by atoms with Gasteiger partial charge >= 0.3 is 6.18 Å². The summed E-state index contributed by atoms with van der Waals surface area (Å²) in [4.78, 5) is 30.5. The number of aromatic nitrogens is 2. The normalized spacial score (nSPS) is 12.6. The molecular formula is C16H7F3N4O2. The average molecular weight is 344 g/mol. The number of carbonyl (C=O) groups excluding carboxylic acids is 2. The van der Waals surface area contributed by atoms with Gasteiger partial charge in [0.05, 0.1) is 6.07 Å². The number of hydrogen-bond donors (Lipinski definition) is 1. The highest BCUT2D eigenvalue weighted by Crippen LogP contribution is 2.38. The highest BCUT2D eigenvalue weighted by molar-refractivity contribution is 6.21. The summed E-state index contributed by atoms with van der Waals surface area (Å²) in [6.45, 7) is 0. The van der Waals surface area contributed by atoms with Gasteiger partial charge < -0.3 is 5.32 Å². The van der Waals surface area contributed by atoms with Gasteiger partial charge in [-0.3, -0.25) is 9.59 Å². The minimum atomic E-state index is -4.75. The first-order chi connectivity index (χ1) is 11.8. The van der Waals surface area contributed by atoms with Crippen molar-refractivity contribution in [2.24, 2.45) is 0 Å². The predicted molar refractivity (Wildman–Crippen MR) is 79.3 cm³/mol. The molecule has 1 heterocycles. The standard InChI is InChI=1S/C16H7F3N4O2/c17-16(18,19)15-21-7-11-9-4-3-8(22-12(24)2-1-5-20)6-10(9)14(25)13(11)23-15/h1-4,6-7H,(H,22,24)/b2-1-. The van der Waals surface area contributed by atoms with Crippen LogP contribution in [0, 0.1) is 11.3 Å². The molecule has 0 fully saturated rings. The van der Waals surface area contributed by atoms with E-state index in [-0.39, 0.29) is 22.5 Å². The third kappa shape index (κ3) is 2.97. The van der Waals surface area contributed by atoms with Gasteiger partial charge in [0.25, 0.3) is 0 Å². The Hall–Kier alpha value is -3.54. The molecular weight excluding hydrogens is 337 g/mol.